The van der Waals surface area contributed by atoms with E-state index in [1.807, 2.05) is 13.8 Å². The second-order valence-electron chi connectivity index (χ2n) is 4.68. The van der Waals surface area contributed by atoms with Crippen molar-refractivity contribution in [2.75, 3.05) is 6.54 Å². The van der Waals surface area contributed by atoms with Crippen molar-refractivity contribution >= 4 is 22.4 Å². The molecular formula is C11H21ClF2N4O2S. The molecule has 0 aliphatic carbocycles. The monoisotopic (exact) mass is 346 g/mol. The van der Waals surface area contributed by atoms with Crippen LogP contribution in [0.1, 0.15) is 26.7 Å². The minimum atomic E-state index is -3.79. The van der Waals surface area contributed by atoms with E-state index in [4.69, 9.17) is 5.73 Å². The van der Waals surface area contributed by atoms with Gasteiger partial charge in [-0.1, -0.05) is 13.8 Å². The molecule has 6 nitrogen and oxygen atoms in total. The Morgan fingerprint density at radius 3 is 2.48 bits per heavy atom. The van der Waals surface area contributed by atoms with Crippen LogP contribution in [-0.2, 0) is 16.6 Å². The topological polar surface area (TPSA) is 90.0 Å². The Morgan fingerprint density at radius 1 is 1.43 bits per heavy atom. The van der Waals surface area contributed by atoms with E-state index in [9.17, 15) is 17.2 Å². The van der Waals surface area contributed by atoms with Gasteiger partial charge in [0.2, 0.25) is 10.0 Å². The molecule has 0 unspecified atom stereocenters. The van der Waals surface area contributed by atoms with E-state index in [-0.39, 0.29) is 23.8 Å². The third kappa shape index (κ3) is 5.85. The van der Waals surface area contributed by atoms with E-state index >= 15 is 0 Å². The van der Waals surface area contributed by atoms with Crippen LogP contribution in [-0.4, -0.2) is 36.7 Å². The second kappa shape index (κ2) is 8.02. The number of nitrogens with zero attached hydrogens (tertiary/aromatic N) is 2. The van der Waals surface area contributed by atoms with Crippen molar-refractivity contribution in [2.45, 2.75) is 50.1 Å². The van der Waals surface area contributed by atoms with Gasteiger partial charge in [-0.05, 0) is 12.8 Å². The predicted molar refractivity (Wildman–Crippen MR) is 78.2 cm³/mol. The first-order valence-corrected chi connectivity index (χ1v) is 7.80. The van der Waals surface area contributed by atoms with Crippen LogP contribution in [0.25, 0.3) is 0 Å². The molecule has 0 atom stereocenters. The van der Waals surface area contributed by atoms with Crippen LogP contribution in [0, 0.1) is 0 Å². The molecule has 0 saturated heterocycles. The van der Waals surface area contributed by atoms with E-state index in [0.717, 1.165) is 17.1 Å². The van der Waals surface area contributed by atoms with Gasteiger partial charge in [0, 0.05) is 18.3 Å². The van der Waals surface area contributed by atoms with Gasteiger partial charge in [-0.3, -0.25) is 4.68 Å². The average Bonchev–Trinajstić information content (AvgIpc) is 2.84. The minimum absolute atomic E-state index is 0. The Kier molecular flexibility index (Phi) is 7.73. The summed E-state index contributed by atoms with van der Waals surface area (Å²) in [6.45, 7) is 3.19. The summed E-state index contributed by atoms with van der Waals surface area (Å²) in [7, 11) is -3.79. The van der Waals surface area contributed by atoms with Gasteiger partial charge in [0.1, 0.15) is 11.4 Å². The lowest BCUT2D eigenvalue weighted by Gasteiger charge is -2.26. The molecule has 0 saturated carbocycles. The number of nitrogens with one attached hydrogen (secondary N) is 1. The fourth-order valence-electron chi connectivity index (χ4n) is 1.55. The number of aromatic nitrogens is 2. The lowest BCUT2D eigenvalue weighted by atomic mass is 9.95. The SMILES string of the molecule is CCC(N)(CC)CNS(=O)(=O)c1cnn(CC(F)F)c1.Cl. The molecule has 1 rings (SSSR count). The Hall–Kier alpha value is -0.770. The molecule has 0 aliphatic rings. The summed E-state index contributed by atoms with van der Waals surface area (Å²) in [5.74, 6) is 0. The smallest absolute Gasteiger partial charge is 0.257 e. The van der Waals surface area contributed by atoms with Crippen LogP contribution in [0.15, 0.2) is 17.3 Å². The summed E-state index contributed by atoms with van der Waals surface area (Å²) in [6.07, 6.45) is 0.772. The summed E-state index contributed by atoms with van der Waals surface area (Å²) in [6, 6.07) is 0. The van der Waals surface area contributed by atoms with Crippen LogP contribution in [0.4, 0.5) is 8.78 Å². The number of sulfonamides is 1. The molecule has 0 amide bonds. The summed E-state index contributed by atoms with van der Waals surface area (Å²) in [5, 5.41) is 3.59. The highest BCUT2D eigenvalue weighted by Crippen LogP contribution is 2.13. The summed E-state index contributed by atoms with van der Waals surface area (Å²) < 4.78 is 51.7. The number of nitrogens with two attached hydrogens (primary N) is 1. The van der Waals surface area contributed by atoms with Gasteiger partial charge < -0.3 is 5.73 Å². The maximum atomic E-state index is 12.2. The molecule has 10 heteroatoms. The highest BCUT2D eigenvalue weighted by atomic mass is 35.5. The standard InChI is InChI=1S/C11H20F2N4O2S.ClH/c1-3-11(14,4-2)8-16-20(18,19)9-5-15-17(6-9)7-10(12)13;/h5-6,10,16H,3-4,7-8,14H2,1-2H3;1H. The molecule has 0 spiro atoms. The van der Waals surface area contributed by atoms with Gasteiger partial charge in [0.05, 0.1) is 6.20 Å². The van der Waals surface area contributed by atoms with Crippen LogP contribution < -0.4 is 10.5 Å². The maximum Gasteiger partial charge on any atom is 0.257 e. The second-order valence-corrected chi connectivity index (χ2v) is 6.45. The predicted octanol–water partition coefficient (Wildman–Crippen LogP) is 1.37. The molecule has 0 fully saturated rings. The van der Waals surface area contributed by atoms with Crippen LogP contribution in [0.3, 0.4) is 0 Å². The molecule has 1 heterocycles. The Labute approximate surface area is 129 Å². The number of hydrogen-bond acceptors (Lipinski definition) is 4. The molecule has 21 heavy (non-hydrogen) atoms. The third-order valence-electron chi connectivity index (χ3n) is 3.27. The molecule has 0 aliphatic heterocycles. The zero-order valence-electron chi connectivity index (χ0n) is 11.9. The van der Waals surface area contributed by atoms with Crippen molar-refractivity contribution in [3.8, 4) is 0 Å². The molecule has 1 aromatic heterocycles. The normalized spacial score (nSPS) is 12.5. The maximum absolute atomic E-state index is 12.2. The van der Waals surface area contributed by atoms with Crippen molar-refractivity contribution in [1.29, 1.82) is 0 Å². The molecular weight excluding hydrogens is 326 g/mol. The highest BCUT2D eigenvalue weighted by Gasteiger charge is 2.25. The third-order valence-corrected chi connectivity index (χ3v) is 4.62. The summed E-state index contributed by atoms with van der Waals surface area (Å²) >= 11 is 0. The van der Waals surface area contributed by atoms with Crippen molar-refractivity contribution in [2.24, 2.45) is 5.73 Å². The fourth-order valence-corrected chi connectivity index (χ4v) is 2.64. The number of hydrogen-bond donors (Lipinski definition) is 2. The van der Waals surface area contributed by atoms with Gasteiger partial charge in [0.15, 0.2) is 0 Å². The number of alkyl halides is 2. The first kappa shape index (κ1) is 20.2. The Bertz CT molecular complexity index is 532. The zero-order chi connectivity index (χ0) is 15.4. The van der Waals surface area contributed by atoms with E-state index in [1.54, 1.807) is 0 Å². The van der Waals surface area contributed by atoms with Gasteiger partial charge >= 0.3 is 0 Å². The Balaban J connectivity index is 0.00000400. The lowest BCUT2D eigenvalue weighted by Crippen LogP contribution is -2.49. The van der Waals surface area contributed by atoms with Crippen molar-refractivity contribution in [3.63, 3.8) is 0 Å². The molecule has 124 valence electrons. The minimum Gasteiger partial charge on any atom is -0.324 e. The van der Waals surface area contributed by atoms with Crippen molar-refractivity contribution in [3.05, 3.63) is 12.4 Å². The van der Waals surface area contributed by atoms with Gasteiger partial charge in [-0.25, -0.2) is 21.9 Å². The molecule has 0 bridgehead atoms. The van der Waals surface area contributed by atoms with Crippen LogP contribution in [0.2, 0.25) is 0 Å². The van der Waals surface area contributed by atoms with Crippen LogP contribution in [0.5, 0.6) is 0 Å². The van der Waals surface area contributed by atoms with E-state index in [2.05, 4.69) is 9.82 Å². The molecule has 1 aromatic rings. The van der Waals surface area contributed by atoms with Gasteiger partial charge in [-0.2, -0.15) is 5.10 Å². The van der Waals surface area contributed by atoms with E-state index in [1.165, 1.54) is 0 Å². The van der Waals surface area contributed by atoms with Crippen molar-refractivity contribution < 1.29 is 17.2 Å². The molecule has 0 radical (unpaired) electrons. The Morgan fingerprint density at radius 2 is 2.00 bits per heavy atom. The summed E-state index contributed by atoms with van der Waals surface area (Å²) in [4.78, 5) is -0.146. The number of halogens is 3. The highest BCUT2D eigenvalue weighted by molar-refractivity contribution is 7.89. The first-order chi connectivity index (χ1) is 9.22. The quantitative estimate of drug-likeness (QED) is 0.743. The number of rotatable bonds is 8. The molecule has 0 aromatic carbocycles. The first-order valence-electron chi connectivity index (χ1n) is 6.31. The van der Waals surface area contributed by atoms with Crippen LogP contribution >= 0.6 is 12.4 Å². The summed E-state index contributed by atoms with van der Waals surface area (Å²) in [5.41, 5.74) is 5.39. The largest absolute Gasteiger partial charge is 0.324 e. The zero-order valence-corrected chi connectivity index (χ0v) is 13.6. The van der Waals surface area contributed by atoms with Gasteiger partial charge in [-0.15, -0.1) is 12.4 Å². The average molecular weight is 347 g/mol. The van der Waals surface area contributed by atoms with Crippen molar-refractivity contribution in [1.82, 2.24) is 14.5 Å². The lowest BCUT2D eigenvalue weighted by molar-refractivity contribution is 0.121. The van der Waals surface area contributed by atoms with Gasteiger partial charge in [0.25, 0.3) is 6.43 Å². The molecule has 3 N–H and O–H groups in total. The van der Waals surface area contributed by atoms with E-state index < -0.39 is 28.5 Å². The van der Waals surface area contributed by atoms with E-state index in [0.29, 0.717) is 12.8 Å². The fraction of sp³-hybridized carbons (Fsp3) is 0.727.